The predicted octanol–water partition coefficient (Wildman–Crippen LogP) is 8.66. The van der Waals surface area contributed by atoms with Gasteiger partial charge in [-0.3, -0.25) is 4.90 Å². The zero-order chi connectivity index (χ0) is 38.7. The van der Waals surface area contributed by atoms with Crippen molar-refractivity contribution in [3.63, 3.8) is 0 Å². The molecule has 292 valence electrons. The molecule has 9 nitrogen and oxygen atoms in total. The fraction of sp³-hybridized carbons (Fsp3) is 0.413. The van der Waals surface area contributed by atoms with E-state index in [0.29, 0.717) is 33.0 Å². The van der Waals surface area contributed by atoms with Gasteiger partial charge in [0, 0.05) is 0 Å². The Morgan fingerprint density at radius 1 is 0.673 bits per heavy atom. The third-order valence-corrected chi connectivity index (χ3v) is 9.55. The zero-order valence-electron chi connectivity index (χ0n) is 32.6. The Kier molecular flexibility index (Phi) is 13.9. The smallest absolute Gasteiger partial charge is 0.413 e. The predicted molar refractivity (Wildman–Crippen MR) is 211 cm³/mol. The minimum Gasteiger partial charge on any atom is -0.444 e. The molecule has 55 heavy (non-hydrogen) atoms. The van der Waals surface area contributed by atoms with E-state index in [9.17, 15) is 4.79 Å². The molecule has 0 saturated carbocycles. The van der Waals surface area contributed by atoms with Crippen LogP contribution < -0.4 is 0 Å². The second-order valence-electron chi connectivity index (χ2n) is 15.5. The summed E-state index contributed by atoms with van der Waals surface area (Å²) in [7, 11) is 0. The van der Waals surface area contributed by atoms with Crippen molar-refractivity contribution < 1.29 is 38.0 Å². The van der Waals surface area contributed by atoms with Gasteiger partial charge in [0.25, 0.3) is 0 Å². The van der Waals surface area contributed by atoms with E-state index in [1.807, 2.05) is 168 Å². The van der Waals surface area contributed by atoms with E-state index in [1.165, 1.54) is 0 Å². The highest BCUT2D eigenvalue weighted by atomic mass is 16.6. The number of amides is 1. The molecule has 4 aromatic carbocycles. The Morgan fingerprint density at radius 2 is 1.13 bits per heavy atom. The zero-order valence-corrected chi connectivity index (χ0v) is 32.6. The van der Waals surface area contributed by atoms with Crippen LogP contribution in [0.2, 0.25) is 0 Å². The summed E-state index contributed by atoms with van der Waals surface area (Å²) < 4.78 is 45.8. The molecule has 4 aromatic rings. The molecule has 1 amide bonds. The van der Waals surface area contributed by atoms with Crippen molar-refractivity contribution in [2.75, 3.05) is 13.2 Å². The minimum absolute atomic E-state index is 0.249. The van der Waals surface area contributed by atoms with Crippen LogP contribution in [0.25, 0.3) is 0 Å². The molecule has 0 spiro atoms. The lowest BCUT2D eigenvalue weighted by atomic mass is 9.93. The summed E-state index contributed by atoms with van der Waals surface area (Å²) in [5.74, 6) is 0. The molecule has 6 atom stereocenters. The van der Waals surface area contributed by atoms with E-state index in [0.717, 1.165) is 22.3 Å². The Hall–Kier alpha value is -4.35. The average molecular weight is 750 g/mol. The van der Waals surface area contributed by atoms with E-state index in [2.05, 4.69) is 0 Å². The Bertz CT molecular complexity index is 1760. The molecule has 2 aliphatic heterocycles. The highest BCUT2D eigenvalue weighted by Crippen LogP contribution is 2.34. The summed E-state index contributed by atoms with van der Waals surface area (Å²) in [5.41, 5.74) is 2.59. The van der Waals surface area contributed by atoms with Gasteiger partial charge in [-0.05, 0) is 56.9 Å². The molecule has 0 N–H and O–H groups in total. The van der Waals surface area contributed by atoms with Crippen molar-refractivity contribution in [2.45, 2.75) is 109 Å². The van der Waals surface area contributed by atoms with Gasteiger partial charge in [0.15, 0.2) is 0 Å². The summed E-state index contributed by atoms with van der Waals surface area (Å²) in [5, 5.41) is 0. The number of carbonyl (C=O) groups excluding carboxylic acids is 1. The van der Waals surface area contributed by atoms with Gasteiger partial charge in [0.1, 0.15) is 41.8 Å². The van der Waals surface area contributed by atoms with E-state index in [1.54, 1.807) is 4.90 Å². The fourth-order valence-corrected chi connectivity index (χ4v) is 6.86. The van der Waals surface area contributed by atoms with Crippen molar-refractivity contribution >= 4 is 6.09 Å². The van der Waals surface area contributed by atoms with Crippen LogP contribution in [0.1, 0.15) is 56.9 Å². The highest BCUT2D eigenvalue weighted by molar-refractivity contribution is 5.70. The first-order valence-corrected chi connectivity index (χ1v) is 19.1. The molecule has 0 aromatic heterocycles. The number of hydrogen-bond acceptors (Lipinski definition) is 8. The summed E-state index contributed by atoms with van der Waals surface area (Å²) in [6.07, 6.45) is 0.626. The van der Waals surface area contributed by atoms with Gasteiger partial charge in [-0.25, -0.2) is 4.79 Å². The molecular weight excluding hydrogens is 695 g/mol. The highest BCUT2D eigenvalue weighted by Gasteiger charge is 2.49. The van der Waals surface area contributed by atoms with Crippen LogP contribution in [-0.2, 0) is 59.6 Å². The van der Waals surface area contributed by atoms with Crippen molar-refractivity contribution in [2.24, 2.45) is 0 Å². The van der Waals surface area contributed by atoms with E-state index in [4.69, 9.17) is 33.2 Å². The van der Waals surface area contributed by atoms with Crippen LogP contribution in [0.5, 0.6) is 0 Å². The molecular formula is C46H55NO8. The standard InChI is InChI=1S/C46H55NO8/c1-45(2,3)55-44(48)47-38(32-53-46(47,4)5)26-27-39-41(50-29-35-20-12-7-13-21-35)43(52-31-37-24-16-9-17-25-37)42(51-30-36-22-14-8-15-23-36)40(54-39)33-49-28-34-18-10-6-11-19-34/h6-27,38-43H,28-33H2,1-5H3/b27-26+/t38-,39-,40+,41-,42-,43+/m0/s1. The van der Waals surface area contributed by atoms with E-state index in [-0.39, 0.29) is 6.61 Å². The van der Waals surface area contributed by atoms with Crippen LogP contribution >= 0.6 is 0 Å². The molecule has 2 heterocycles. The van der Waals surface area contributed by atoms with Crippen molar-refractivity contribution in [1.29, 1.82) is 0 Å². The first-order valence-electron chi connectivity index (χ1n) is 19.1. The van der Waals surface area contributed by atoms with Gasteiger partial charge >= 0.3 is 6.09 Å². The van der Waals surface area contributed by atoms with Crippen molar-refractivity contribution in [3.05, 3.63) is 156 Å². The topological polar surface area (TPSA) is 84.9 Å². The lowest BCUT2D eigenvalue weighted by Crippen LogP contribution is -2.60. The second-order valence-corrected chi connectivity index (χ2v) is 15.5. The van der Waals surface area contributed by atoms with E-state index < -0.39 is 54.0 Å². The van der Waals surface area contributed by atoms with Gasteiger partial charge in [0.05, 0.1) is 45.7 Å². The van der Waals surface area contributed by atoms with Crippen molar-refractivity contribution in [3.8, 4) is 0 Å². The largest absolute Gasteiger partial charge is 0.444 e. The third-order valence-electron chi connectivity index (χ3n) is 9.55. The van der Waals surface area contributed by atoms with E-state index >= 15 is 0 Å². The van der Waals surface area contributed by atoms with Crippen molar-refractivity contribution in [1.82, 2.24) is 4.90 Å². The lowest BCUT2D eigenvalue weighted by Gasteiger charge is -2.45. The van der Waals surface area contributed by atoms with Crippen LogP contribution in [0, 0.1) is 0 Å². The molecule has 2 saturated heterocycles. The van der Waals surface area contributed by atoms with Crippen LogP contribution in [0.4, 0.5) is 4.79 Å². The lowest BCUT2D eigenvalue weighted by molar-refractivity contribution is -0.263. The SMILES string of the molecule is CC(C)(C)OC(=O)N1[C@@H](/C=C/[C@@H]2O[C@H](COCc3ccccc3)[C@H](OCc3ccccc3)[C@H](OCc3ccccc3)[C@H]2OCc2ccccc2)COC1(C)C. The summed E-state index contributed by atoms with van der Waals surface area (Å²) in [6, 6.07) is 39.9. The normalized spacial score (nSPS) is 23.9. The molecule has 9 heteroatoms. The number of benzene rings is 4. The maximum absolute atomic E-state index is 13.5. The molecule has 0 aliphatic carbocycles. The molecule has 0 radical (unpaired) electrons. The molecule has 2 fully saturated rings. The summed E-state index contributed by atoms with van der Waals surface area (Å²) in [6.45, 7) is 11.3. The molecule has 6 rings (SSSR count). The Labute approximate surface area is 326 Å². The van der Waals surface area contributed by atoms with Gasteiger partial charge in [-0.15, -0.1) is 0 Å². The molecule has 0 unspecified atom stereocenters. The Balaban J connectivity index is 1.34. The molecule has 2 aliphatic rings. The quantitative estimate of drug-likeness (QED) is 0.112. The number of nitrogens with zero attached hydrogens (tertiary/aromatic N) is 1. The first kappa shape index (κ1) is 40.3. The number of rotatable bonds is 15. The van der Waals surface area contributed by atoms with Gasteiger partial charge in [-0.1, -0.05) is 133 Å². The maximum atomic E-state index is 13.5. The number of ether oxygens (including phenoxy) is 7. The summed E-state index contributed by atoms with van der Waals surface area (Å²) >= 11 is 0. The fourth-order valence-electron chi connectivity index (χ4n) is 6.86. The van der Waals surface area contributed by atoms with Crippen LogP contribution in [-0.4, -0.2) is 72.1 Å². The average Bonchev–Trinajstić information content (AvgIpc) is 3.49. The van der Waals surface area contributed by atoms with Crippen LogP contribution in [0.3, 0.4) is 0 Å². The third kappa shape index (κ3) is 11.6. The monoisotopic (exact) mass is 749 g/mol. The van der Waals surface area contributed by atoms with Gasteiger partial charge < -0.3 is 33.2 Å². The summed E-state index contributed by atoms with van der Waals surface area (Å²) in [4.78, 5) is 15.2. The van der Waals surface area contributed by atoms with Crippen LogP contribution in [0.15, 0.2) is 133 Å². The van der Waals surface area contributed by atoms with Gasteiger partial charge in [-0.2, -0.15) is 0 Å². The minimum atomic E-state index is -0.876. The maximum Gasteiger partial charge on any atom is 0.413 e. The first-order chi connectivity index (χ1) is 26.6. The van der Waals surface area contributed by atoms with Gasteiger partial charge in [0.2, 0.25) is 0 Å². The number of hydrogen-bond donors (Lipinski definition) is 0. The Morgan fingerprint density at radius 3 is 1.62 bits per heavy atom. The number of carbonyl (C=O) groups is 1. The molecule has 0 bridgehead atoms. The second kappa shape index (κ2) is 19.0.